The zero-order chi connectivity index (χ0) is 55.0. The maximum atomic E-state index is 12.6. The normalized spacial score (nSPS) is 11.6. The third-order valence-electron chi connectivity index (χ3n) is 15.6. The van der Waals surface area contributed by atoms with Crippen LogP contribution in [-0.2, 0) is 21.1 Å². The van der Waals surface area contributed by atoms with Gasteiger partial charge in [-0.3, -0.25) is 9.59 Å². The number of aryl methyl sites for hydroxylation is 1. The van der Waals surface area contributed by atoms with Gasteiger partial charge in [-0.1, -0.05) is 310 Å². The molecule has 0 saturated heterocycles. The zero-order valence-corrected chi connectivity index (χ0v) is 53.0. The molecule has 0 heterocycles. The second kappa shape index (κ2) is 57.7. The number of benzene rings is 1. The molecule has 442 valence electrons. The topological polar surface area (TPSA) is 94.8 Å². The molecule has 1 aromatic rings. The predicted molar refractivity (Wildman–Crippen MR) is 340 cm³/mol. The van der Waals surface area contributed by atoms with E-state index in [2.05, 4.69) is 39.8 Å². The van der Waals surface area contributed by atoms with Crippen molar-refractivity contribution < 1.29 is 24.9 Å². The molecule has 3 N–H and O–H groups in total. The number of thioether (sulfide) groups is 3. The fraction of sp³-hybridized carbons (Fsp3) is 0.881. The average Bonchev–Trinajstić information content (AvgIpc) is 3.39. The molecular weight excluding hydrogens is 981 g/mol. The van der Waals surface area contributed by atoms with Crippen molar-refractivity contribution in [3.8, 4) is 5.75 Å². The maximum absolute atomic E-state index is 12.6. The molecule has 0 aliphatic heterocycles. The highest BCUT2D eigenvalue weighted by atomic mass is 32.2. The Balaban J connectivity index is 0.00000166. The molecule has 0 fully saturated rings. The van der Waals surface area contributed by atoms with Crippen molar-refractivity contribution in [2.75, 3.05) is 23.0 Å². The number of hydrogen-bond acceptors (Lipinski definition) is 6. The average molecular weight is 1110 g/mol. The van der Waals surface area contributed by atoms with Crippen molar-refractivity contribution in [3.05, 3.63) is 28.8 Å². The minimum atomic E-state index is -0.797. The molecule has 0 radical (unpaired) electrons. The zero-order valence-electron chi connectivity index (χ0n) is 50.5. The summed E-state index contributed by atoms with van der Waals surface area (Å²) in [5.41, 5.74) is 2.84. The smallest absolute Gasteiger partial charge is 0.310 e. The van der Waals surface area contributed by atoms with Gasteiger partial charge in [-0.15, -0.1) is 0 Å². The summed E-state index contributed by atoms with van der Waals surface area (Å²) in [4.78, 5) is 23.6. The number of carboxylic acid groups (broad SMARTS) is 2. The van der Waals surface area contributed by atoms with Gasteiger partial charge >= 0.3 is 11.9 Å². The lowest BCUT2D eigenvalue weighted by Crippen LogP contribution is -2.34. The van der Waals surface area contributed by atoms with Gasteiger partial charge in [0.25, 0.3) is 0 Å². The van der Waals surface area contributed by atoms with Crippen LogP contribution in [0.1, 0.15) is 346 Å². The summed E-state index contributed by atoms with van der Waals surface area (Å²) in [5.74, 6) is 4.59. The number of hydrogen-bond donors (Lipinski definition) is 3. The number of unbranched alkanes of at least 4 members (excludes halogenated alkanes) is 40. The highest BCUT2D eigenvalue weighted by Gasteiger charge is 2.37. The molecule has 1 rings (SSSR count). The summed E-state index contributed by atoms with van der Waals surface area (Å²) in [6.45, 7) is 11.1. The summed E-state index contributed by atoms with van der Waals surface area (Å²) in [5, 5.41) is 29.8. The fourth-order valence-corrected chi connectivity index (χ4v) is 13.7. The van der Waals surface area contributed by atoms with E-state index < -0.39 is 17.4 Å². The van der Waals surface area contributed by atoms with Gasteiger partial charge in [-0.2, -0.15) is 35.3 Å². The number of carbonyl (C=O) groups is 2. The van der Waals surface area contributed by atoms with Crippen LogP contribution in [0.4, 0.5) is 0 Å². The molecule has 0 aliphatic carbocycles. The SMILES string of the molecule is CCCCCCCCCCCCCCCCCCC(CCCCCCCCCCCCCCCCCC)(CSCCC(=O)O)C(=O)O.CCCCCCCCSCc1cc(C)c(O)c(CSCCCCCCCC)c1. The predicted octanol–water partition coefficient (Wildman–Crippen LogP) is 23.5. The first-order valence-corrected chi connectivity index (χ1v) is 36.1. The highest BCUT2D eigenvalue weighted by Crippen LogP contribution is 2.37. The molecule has 0 atom stereocenters. The Morgan fingerprint density at radius 1 is 0.400 bits per heavy atom. The lowest BCUT2D eigenvalue weighted by Gasteiger charge is -2.29. The van der Waals surface area contributed by atoms with Crippen LogP contribution in [0.3, 0.4) is 0 Å². The molecule has 0 spiro atoms. The van der Waals surface area contributed by atoms with Gasteiger partial charge in [-0.05, 0) is 55.2 Å². The van der Waals surface area contributed by atoms with Crippen LogP contribution in [-0.4, -0.2) is 50.3 Å². The van der Waals surface area contributed by atoms with Gasteiger partial charge in [-0.25, -0.2) is 0 Å². The third kappa shape index (κ3) is 48.6. The molecule has 0 unspecified atom stereocenters. The summed E-state index contributed by atoms with van der Waals surface area (Å²) in [6, 6.07) is 4.41. The van der Waals surface area contributed by atoms with Crippen LogP contribution in [0.2, 0.25) is 0 Å². The van der Waals surface area contributed by atoms with Crippen molar-refractivity contribution in [1.82, 2.24) is 0 Å². The molecule has 0 amide bonds. The Labute approximate surface area is 480 Å². The standard InChI is InChI=1S/C42H82O4S.C25H44OS2/c1-3-5-7-9-11-13-15-17-19-21-23-25-27-29-31-33-36-42(41(45)46,39-47-38-35-40(43)44)37-34-32-30-28-26-24-22-20-18-16-14-12-10-8-6-4-2;1-4-6-8-10-12-14-16-27-20-23-18-22(3)25(26)24(19-23)21-28-17-15-13-11-9-7-5-2/h3-39H2,1-2H3,(H,43,44)(H,45,46);18-19,26H,4-17,20-21H2,1-3H3. The molecule has 75 heavy (non-hydrogen) atoms. The number of carboxylic acids is 2. The first-order chi connectivity index (χ1) is 36.7. The van der Waals surface area contributed by atoms with Crippen LogP contribution in [0.25, 0.3) is 0 Å². The summed E-state index contributed by atoms with van der Waals surface area (Å²) in [6.07, 6.45) is 60.3. The number of phenols is 1. The Morgan fingerprint density at radius 3 is 1.03 bits per heavy atom. The quantitative estimate of drug-likeness (QED) is 0.0556. The van der Waals surface area contributed by atoms with Gasteiger partial charge in [0.15, 0.2) is 0 Å². The van der Waals surface area contributed by atoms with E-state index in [0.29, 0.717) is 17.3 Å². The van der Waals surface area contributed by atoms with E-state index in [0.717, 1.165) is 61.2 Å². The number of phenolic OH excluding ortho intramolecular Hbond substituents is 1. The van der Waals surface area contributed by atoms with Gasteiger partial charge < -0.3 is 15.3 Å². The third-order valence-corrected chi connectivity index (χ3v) is 19.0. The van der Waals surface area contributed by atoms with E-state index in [4.69, 9.17) is 5.11 Å². The summed E-state index contributed by atoms with van der Waals surface area (Å²) < 4.78 is 0. The molecule has 0 aliphatic rings. The van der Waals surface area contributed by atoms with Crippen molar-refractivity contribution in [3.63, 3.8) is 0 Å². The highest BCUT2D eigenvalue weighted by molar-refractivity contribution is 7.99. The molecule has 0 aromatic heterocycles. The molecule has 0 bridgehead atoms. The first-order valence-electron chi connectivity index (χ1n) is 32.7. The second-order valence-corrected chi connectivity index (χ2v) is 26.3. The Hall–Kier alpha value is -0.990. The molecule has 8 heteroatoms. The van der Waals surface area contributed by atoms with E-state index in [1.165, 1.54) is 286 Å². The van der Waals surface area contributed by atoms with Crippen molar-refractivity contribution in [2.45, 2.75) is 348 Å². The minimum Gasteiger partial charge on any atom is -0.507 e. The monoisotopic (exact) mass is 1110 g/mol. The summed E-state index contributed by atoms with van der Waals surface area (Å²) >= 11 is 5.55. The van der Waals surface area contributed by atoms with Gasteiger partial charge in [0.1, 0.15) is 5.75 Å². The fourth-order valence-electron chi connectivity index (χ4n) is 10.5. The van der Waals surface area contributed by atoms with Crippen LogP contribution in [0.15, 0.2) is 12.1 Å². The van der Waals surface area contributed by atoms with Crippen molar-refractivity contribution in [2.24, 2.45) is 5.41 Å². The van der Waals surface area contributed by atoms with Crippen LogP contribution in [0.5, 0.6) is 5.75 Å². The van der Waals surface area contributed by atoms with E-state index in [1.54, 1.807) is 0 Å². The molecule has 5 nitrogen and oxygen atoms in total. The number of aliphatic carboxylic acids is 2. The minimum absolute atomic E-state index is 0.110. The van der Waals surface area contributed by atoms with E-state index in [-0.39, 0.29) is 6.42 Å². The molecule has 0 saturated carbocycles. The molecular formula is C67H126O5S3. The second-order valence-electron chi connectivity index (χ2n) is 22.9. The van der Waals surface area contributed by atoms with Crippen LogP contribution < -0.4 is 0 Å². The lowest BCUT2D eigenvalue weighted by molar-refractivity contribution is -0.148. The van der Waals surface area contributed by atoms with Crippen LogP contribution >= 0.6 is 35.3 Å². The maximum Gasteiger partial charge on any atom is 0.310 e. The Bertz CT molecular complexity index is 1340. The van der Waals surface area contributed by atoms with Crippen molar-refractivity contribution >= 4 is 47.2 Å². The Morgan fingerprint density at radius 2 is 0.707 bits per heavy atom. The summed E-state index contributed by atoms with van der Waals surface area (Å²) in [7, 11) is 0. The Kier molecular flexibility index (Phi) is 56.9. The van der Waals surface area contributed by atoms with Gasteiger partial charge in [0.05, 0.1) is 11.8 Å². The van der Waals surface area contributed by atoms with E-state index in [1.807, 2.05) is 30.4 Å². The van der Waals surface area contributed by atoms with Gasteiger partial charge in [0, 0.05) is 28.6 Å². The lowest BCUT2D eigenvalue weighted by atomic mass is 9.79. The van der Waals surface area contributed by atoms with E-state index in [9.17, 15) is 19.8 Å². The number of aromatic hydroxyl groups is 1. The van der Waals surface area contributed by atoms with Crippen LogP contribution in [0, 0.1) is 12.3 Å². The van der Waals surface area contributed by atoms with E-state index >= 15 is 0 Å². The largest absolute Gasteiger partial charge is 0.507 e. The molecule has 1 aromatic carbocycles. The van der Waals surface area contributed by atoms with Crippen molar-refractivity contribution in [1.29, 1.82) is 0 Å². The van der Waals surface area contributed by atoms with Gasteiger partial charge in [0.2, 0.25) is 0 Å². The number of rotatable bonds is 58. The first kappa shape index (κ1) is 74.0.